The zero-order valence-corrected chi connectivity index (χ0v) is 12.6. The Hall–Kier alpha value is -2.07. The summed E-state index contributed by atoms with van der Waals surface area (Å²) in [7, 11) is 3.50. The molecule has 0 bridgehead atoms. The maximum absolute atomic E-state index is 13.3. The second-order valence-corrected chi connectivity index (χ2v) is 4.86. The smallest absolute Gasteiger partial charge is 0.127 e. The van der Waals surface area contributed by atoms with Crippen LogP contribution in [0.5, 0.6) is 11.5 Å². The number of ether oxygens (including phenoxy) is 2. The van der Waals surface area contributed by atoms with Crippen molar-refractivity contribution in [1.29, 1.82) is 0 Å². The van der Waals surface area contributed by atoms with E-state index in [0.29, 0.717) is 13.2 Å². The van der Waals surface area contributed by atoms with Crippen LogP contribution >= 0.6 is 0 Å². The average molecular weight is 289 g/mol. The molecular formula is C17H20FNO2. The van der Waals surface area contributed by atoms with Crippen LogP contribution in [0, 0.1) is 12.7 Å². The van der Waals surface area contributed by atoms with E-state index in [1.165, 1.54) is 12.1 Å². The van der Waals surface area contributed by atoms with E-state index in [0.717, 1.165) is 28.2 Å². The number of hydrogen-bond acceptors (Lipinski definition) is 3. The summed E-state index contributed by atoms with van der Waals surface area (Å²) in [5.41, 5.74) is 2.88. The molecule has 0 fully saturated rings. The van der Waals surface area contributed by atoms with Crippen molar-refractivity contribution in [2.45, 2.75) is 20.1 Å². The standard InChI is InChI=1S/C17H20FNO2/c1-12-4-6-15(18)8-14(12)11-21-17-9-16(20-3)7-5-13(17)10-19-2/h4-9,19H,10-11H2,1-3H3. The number of benzene rings is 2. The van der Waals surface area contributed by atoms with Gasteiger partial charge in [0.15, 0.2) is 0 Å². The first-order chi connectivity index (χ1) is 10.1. The van der Waals surface area contributed by atoms with Gasteiger partial charge in [0.1, 0.15) is 23.9 Å². The van der Waals surface area contributed by atoms with Crippen molar-refractivity contribution in [3.05, 3.63) is 58.9 Å². The molecule has 0 aromatic heterocycles. The van der Waals surface area contributed by atoms with Crippen LogP contribution in [0.1, 0.15) is 16.7 Å². The Morgan fingerprint density at radius 2 is 1.90 bits per heavy atom. The molecule has 2 aromatic rings. The predicted molar refractivity (Wildman–Crippen MR) is 81.2 cm³/mol. The monoisotopic (exact) mass is 289 g/mol. The molecule has 0 aliphatic heterocycles. The highest BCUT2D eigenvalue weighted by Crippen LogP contribution is 2.26. The van der Waals surface area contributed by atoms with Gasteiger partial charge in [-0.1, -0.05) is 12.1 Å². The van der Waals surface area contributed by atoms with Crippen molar-refractivity contribution in [1.82, 2.24) is 5.32 Å². The van der Waals surface area contributed by atoms with Crippen LogP contribution in [0.2, 0.25) is 0 Å². The van der Waals surface area contributed by atoms with Crippen LogP contribution in [-0.4, -0.2) is 14.2 Å². The summed E-state index contributed by atoms with van der Waals surface area (Å²) in [5, 5.41) is 3.10. The van der Waals surface area contributed by atoms with Crippen molar-refractivity contribution < 1.29 is 13.9 Å². The highest BCUT2D eigenvalue weighted by Gasteiger charge is 2.07. The third-order valence-electron chi connectivity index (χ3n) is 3.34. The van der Waals surface area contributed by atoms with Gasteiger partial charge in [0, 0.05) is 18.2 Å². The lowest BCUT2D eigenvalue weighted by Gasteiger charge is -2.14. The zero-order chi connectivity index (χ0) is 15.2. The largest absolute Gasteiger partial charge is 0.497 e. The minimum Gasteiger partial charge on any atom is -0.497 e. The molecule has 3 nitrogen and oxygen atoms in total. The molecule has 1 N–H and O–H groups in total. The minimum atomic E-state index is -0.250. The van der Waals surface area contributed by atoms with Gasteiger partial charge in [-0.05, 0) is 43.3 Å². The lowest BCUT2D eigenvalue weighted by Crippen LogP contribution is -2.08. The van der Waals surface area contributed by atoms with Crippen molar-refractivity contribution in [3.8, 4) is 11.5 Å². The molecule has 0 radical (unpaired) electrons. The van der Waals surface area contributed by atoms with E-state index in [9.17, 15) is 4.39 Å². The Morgan fingerprint density at radius 1 is 1.10 bits per heavy atom. The summed E-state index contributed by atoms with van der Waals surface area (Å²) in [6, 6.07) is 10.4. The zero-order valence-electron chi connectivity index (χ0n) is 12.6. The van der Waals surface area contributed by atoms with Crippen molar-refractivity contribution in [2.24, 2.45) is 0 Å². The van der Waals surface area contributed by atoms with Gasteiger partial charge in [-0.25, -0.2) is 4.39 Å². The van der Waals surface area contributed by atoms with Crippen LogP contribution < -0.4 is 14.8 Å². The van der Waals surface area contributed by atoms with Gasteiger partial charge in [0.2, 0.25) is 0 Å². The Labute approximate surface area is 124 Å². The van der Waals surface area contributed by atoms with E-state index < -0.39 is 0 Å². The van der Waals surface area contributed by atoms with Gasteiger partial charge in [0.05, 0.1) is 7.11 Å². The van der Waals surface area contributed by atoms with E-state index in [1.807, 2.05) is 32.2 Å². The number of halogens is 1. The topological polar surface area (TPSA) is 30.5 Å². The molecule has 0 saturated heterocycles. The molecule has 112 valence electrons. The summed E-state index contributed by atoms with van der Waals surface area (Å²) >= 11 is 0. The summed E-state index contributed by atoms with van der Waals surface area (Å²) in [5.74, 6) is 1.23. The van der Waals surface area contributed by atoms with E-state index >= 15 is 0 Å². The molecule has 0 aliphatic rings. The molecule has 0 atom stereocenters. The first-order valence-corrected chi connectivity index (χ1v) is 6.83. The van der Waals surface area contributed by atoms with Gasteiger partial charge in [-0.3, -0.25) is 0 Å². The fourth-order valence-corrected chi connectivity index (χ4v) is 2.08. The Kier molecular flexibility index (Phi) is 5.17. The summed E-state index contributed by atoms with van der Waals surface area (Å²) in [6.45, 7) is 2.97. The van der Waals surface area contributed by atoms with Crippen LogP contribution in [-0.2, 0) is 13.2 Å². The Balaban J connectivity index is 2.19. The molecule has 0 heterocycles. The summed E-state index contributed by atoms with van der Waals surface area (Å²) < 4.78 is 24.4. The molecule has 0 aliphatic carbocycles. The number of hydrogen-bond donors (Lipinski definition) is 1. The lowest BCUT2D eigenvalue weighted by molar-refractivity contribution is 0.298. The highest BCUT2D eigenvalue weighted by atomic mass is 19.1. The fraction of sp³-hybridized carbons (Fsp3) is 0.294. The molecule has 4 heteroatoms. The van der Waals surface area contributed by atoms with E-state index in [2.05, 4.69) is 5.32 Å². The van der Waals surface area contributed by atoms with Gasteiger partial charge in [-0.15, -0.1) is 0 Å². The van der Waals surface area contributed by atoms with Crippen LogP contribution in [0.15, 0.2) is 36.4 Å². The fourth-order valence-electron chi connectivity index (χ4n) is 2.08. The number of nitrogens with one attached hydrogen (secondary N) is 1. The van der Waals surface area contributed by atoms with E-state index in [1.54, 1.807) is 13.2 Å². The first-order valence-electron chi connectivity index (χ1n) is 6.83. The van der Waals surface area contributed by atoms with Crippen molar-refractivity contribution in [2.75, 3.05) is 14.2 Å². The quantitative estimate of drug-likeness (QED) is 0.883. The molecule has 2 aromatic carbocycles. The molecule has 0 saturated carbocycles. The third-order valence-corrected chi connectivity index (χ3v) is 3.34. The van der Waals surface area contributed by atoms with E-state index in [-0.39, 0.29) is 5.82 Å². The molecular weight excluding hydrogens is 269 g/mol. The minimum absolute atomic E-state index is 0.250. The lowest BCUT2D eigenvalue weighted by atomic mass is 10.1. The van der Waals surface area contributed by atoms with E-state index in [4.69, 9.17) is 9.47 Å². The number of methoxy groups -OCH3 is 1. The normalized spacial score (nSPS) is 10.5. The average Bonchev–Trinajstić information content (AvgIpc) is 2.49. The maximum atomic E-state index is 13.3. The highest BCUT2D eigenvalue weighted by molar-refractivity contribution is 5.41. The molecule has 2 rings (SSSR count). The second kappa shape index (κ2) is 7.09. The van der Waals surface area contributed by atoms with Crippen molar-refractivity contribution in [3.63, 3.8) is 0 Å². The third kappa shape index (κ3) is 3.95. The van der Waals surface area contributed by atoms with Gasteiger partial charge >= 0.3 is 0 Å². The summed E-state index contributed by atoms with van der Waals surface area (Å²) in [4.78, 5) is 0. The molecule has 21 heavy (non-hydrogen) atoms. The van der Waals surface area contributed by atoms with Gasteiger partial charge in [-0.2, -0.15) is 0 Å². The van der Waals surface area contributed by atoms with Crippen LogP contribution in [0.3, 0.4) is 0 Å². The van der Waals surface area contributed by atoms with Gasteiger partial charge in [0.25, 0.3) is 0 Å². The molecule has 0 amide bonds. The van der Waals surface area contributed by atoms with Crippen LogP contribution in [0.25, 0.3) is 0 Å². The maximum Gasteiger partial charge on any atom is 0.127 e. The van der Waals surface area contributed by atoms with Gasteiger partial charge < -0.3 is 14.8 Å². The molecule has 0 spiro atoms. The number of rotatable bonds is 6. The first kappa shape index (κ1) is 15.3. The van der Waals surface area contributed by atoms with Crippen molar-refractivity contribution >= 4 is 0 Å². The molecule has 0 unspecified atom stereocenters. The Bertz CT molecular complexity index is 614. The predicted octanol–water partition coefficient (Wildman–Crippen LogP) is 3.44. The van der Waals surface area contributed by atoms with Crippen LogP contribution in [0.4, 0.5) is 4.39 Å². The summed E-state index contributed by atoms with van der Waals surface area (Å²) in [6.07, 6.45) is 0. The Morgan fingerprint density at radius 3 is 2.62 bits per heavy atom. The second-order valence-electron chi connectivity index (χ2n) is 4.86. The SMILES string of the molecule is CNCc1ccc(OC)cc1OCc1cc(F)ccc1C. The number of aryl methyl sites for hydroxylation is 1.